The molecule has 2 heterocycles. The van der Waals surface area contributed by atoms with Gasteiger partial charge in [0.2, 0.25) is 35.4 Å². The number of thioether (sulfide) groups is 1. The van der Waals surface area contributed by atoms with E-state index >= 15 is 0 Å². The third-order valence-corrected chi connectivity index (χ3v) is 10.3. The second-order valence-electron chi connectivity index (χ2n) is 14.0. The van der Waals surface area contributed by atoms with Crippen LogP contribution in [0.1, 0.15) is 72.6 Å². The van der Waals surface area contributed by atoms with Crippen molar-refractivity contribution in [3.8, 4) is 0 Å². The van der Waals surface area contributed by atoms with Crippen molar-refractivity contribution >= 4 is 78.4 Å². The van der Waals surface area contributed by atoms with Gasteiger partial charge in [-0.05, 0) is 68.8 Å². The van der Waals surface area contributed by atoms with Gasteiger partial charge in [0.15, 0.2) is 0 Å². The van der Waals surface area contributed by atoms with Crippen molar-refractivity contribution in [1.29, 1.82) is 0 Å². The minimum atomic E-state index is -1.19. The minimum Gasteiger partial charge on any atom is -0.480 e. The van der Waals surface area contributed by atoms with Crippen molar-refractivity contribution in [2.24, 2.45) is 17.6 Å². The summed E-state index contributed by atoms with van der Waals surface area (Å²) in [6, 6.07) is -6.83. The van der Waals surface area contributed by atoms with Crippen molar-refractivity contribution in [3.63, 3.8) is 0 Å². The number of nitrogens with two attached hydrogens (primary N) is 1. The number of carboxylic acids is 1. The summed E-state index contributed by atoms with van der Waals surface area (Å²) in [7, 11) is 0. The number of hydrogen-bond acceptors (Lipinski definition) is 11. The summed E-state index contributed by atoms with van der Waals surface area (Å²) < 4.78 is 0. The Balaban J connectivity index is 2.14. The molecule has 7 N–H and O–H groups in total. The summed E-state index contributed by atoms with van der Waals surface area (Å²) in [5, 5.41) is 20.1. The highest BCUT2D eigenvalue weighted by molar-refractivity contribution is 7.98. The van der Waals surface area contributed by atoms with Crippen molar-refractivity contribution in [2.45, 2.75) is 115 Å². The average molecular weight is 776 g/mol. The van der Waals surface area contributed by atoms with Gasteiger partial charge in [0.1, 0.15) is 36.3 Å². The number of rotatable bonds is 20. The van der Waals surface area contributed by atoms with Gasteiger partial charge in [-0.2, -0.15) is 37.0 Å². The molecule has 0 bridgehead atoms. The topological polar surface area (TPSA) is 220 Å². The van der Waals surface area contributed by atoms with Gasteiger partial charge in [0, 0.05) is 24.6 Å². The zero-order valence-electron chi connectivity index (χ0n) is 30.3. The SMILES string of the molecule is CSCCC(N)C(=O)NC(CS)C(=O)N1CCCC1C(=O)N1CCCC1C(=O)NC(CC(C)C)C(=O)NC(CS)C(=O)NC(CC(C)C)C(=O)O. The van der Waals surface area contributed by atoms with E-state index in [2.05, 4.69) is 46.5 Å². The van der Waals surface area contributed by atoms with E-state index in [0.717, 1.165) is 0 Å². The van der Waals surface area contributed by atoms with Crippen LogP contribution in [0.3, 0.4) is 0 Å². The molecule has 0 aromatic carbocycles. The zero-order chi connectivity index (χ0) is 38.4. The van der Waals surface area contributed by atoms with Crippen molar-refractivity contribution < 1.29 is 38.7 Å². The fourth-order valence-electron chi connectivity index (χ4n) is 6.22. The molecule has 18 heteroatoms. The van der Waals surface area contributed by atoms with E-state index < -0.39 is 77.8 Å². The Hall–Kier alpha value is -2.70. The second-order valence-corrected chi connectivity index (χ2v) is 15.7. The van der Waals surface area contributed by atoms with E-state index in [9.17, 15) is 38.7 Å². The molecule has 0 spiro atoms. The molecule has 2 aliphatic heterocycles. The Morgan fingerprint density at radius 2 is 1.25 bits per heavy atom. The van der Waals surface area contributed by atoms with Gasteiger partial charge in [0.25, 0.3) is 0 Å². The fraction of sp³-hybridized carbons (Fsp3) is 0.788. The van der Waals surface area contributed by atoms with Crippen LogP contribution >= 0.6 is 37.0 Å². The smallest absolute Gasteiger partial charge is 0.326 e. The van der Waals surface area contributed by atoms with Crippen molar-refractivity contribution in [1.82, 2.24) is 31.1 Å². The number of carboxylic acid groups (broad SMARTS) is 1. The molecule has 0 aromatic rings. The third-order valence-electron chi connectivity index (χ3n) is 8.90. The molecular formula is C33H57N7O8S3. The van der Waals surface area contributed by atoms with Gasteiger partial charge in [-0.15, -0.1) is 0 Å². The summed E-state index contributed by atoms with van der Waals surface area (Å²) in [6.07, 6.45) is 4.62. The Morgan fingerprint density at radius 1 is 0.745 bits per heavy atom. The van der Waals surface area contributed by atoms with Crippen LogP contribution in [0.4, 0.5) is 0 Å². The number of thiol groups is 2. The lowest BCUT2D eigenvalue weighted by atomic mass is 10.0. The molecular weight excluding hydrogens is 719 g/mol. The lowest BCUT2D eigenvalue weighted by Gasteiger charge is -2.33. The number of aliphatic carboxylic acids is 1. The van der Waals surface area contributed by atoms with E-state index in [1.54, 1.807) is 11.8 Å². The molecule has 6 amide bonds. The lowest BCUT2D eigenvalue weighted by molar-refractivity contribution is -0.148. The van der Waals surface area contributed by atoms with Crippen LogP contribution in [-0.2, 0) is 33.6 Å². The number of nitrogens with one attached hydrogen (secondary N) is 4. The summed E-state index contributed by atoms with van der Waals surface area (Å²) in [4.78, 5) is 94.9. The second kappa shape index (κ2) is 21.7. The molecule has 7 unspecified atom stereocenters. The van der Waals surface area contributed by atoms with E-state index in [0.29, 0.717) is 44.4 Å². The molecule has 0 aliphatic carbocycles. The van der Waals surface area contributed by atoms with E-state index in [1.807, 2.05) is 34.0 Å². The van der Waals surface area contributed by atoms with E-state index in [1.165, 1.54) is 9.80 Å². The largest absolute Gasteiger partial charge is 0.480 e. The molecule has 2 aliphatic rings. The molecule has 0 saturated carbocycles. The summed E-state index contributed by atoms with van der Waals surface area (Å²) in [5.74, 6) is -3.82. The molecule has 15 nitrogen and oxygen atoms in total. The number of nitrogens with zero attached hydrogens (tertiary/aromatic N) is 2. The molecule has 7 atom stereocenters. The van der Waals surface area contributed by atoms with Gasteiger partial charge >= 0.3 is 5.97 Å². The predicted molar refractivity (Wildman–Crippen MR) is 202 cm³/mol. The van der Waals surface area contributed by atoms with Crippen molar-refractivity contribution in [3.05, 3.63) is 0 Å². The number of amides is 6. The average Bonchev–Trinajstić information content (AvgIpc) is 3.77. The van der Waals surface area contributed by atoms with Crippen molar-refractivity contribution in [2.75, 3.05) is 36.6 Å². The first-order valence-corrected chi connectivity index (χ1v) is 20.2. The summed E-state index contributed by atoms with van der Waals surface area (Å²) in [6.45, 7) is 7.99. The molecule has 0 aromatic heterocycles. The third kappa shape index (κ3) is 13.3. The first kappa shape index (κ1) is 44.5. The maximum atomic E-state index is 13.9. The number of likely N-dealkylation sites (tertiary alicyclic amines) is 2. The highest BCUT2D eigenvalue weighted by Crippen LogP contribution is 2.26. The first-order valence-electron chi connectivity index (χ1n) is 17.6. The molecule has 0 radical (unpaired) electrons. The lowest BCUT2D eigenvalue weighted by Crippen LogP contribution is -2.59. The highest BCUT2D eigenvalue weighted by atomic mass is 32.2. The number of carbonyl (C=O) groups excluding carboxylic acids is 6. The van der Waals surface area contributed by atoms with Crippen LogP contribution in [0.15, 0.2) is 0 Å². The van der Waals surface area contributed by atoms with Crippen LogP contribution in [-0.4, -0.2) is 135 Å². The Kier molecular flexibility index (Phi) is 18.9. The number of carbonyl (C=O) groups is 7. The van der Waals surface area contributed by atoms with Crippen LogP contribution in [0.25, 0.3) is 0 Å². The van der Waals surface area contributed by atoms with Crippen LogP contribution in [0, 0.1) is 11.8 Å². The molecule has 51 heavy (non-hydrogen) atoms. The monoisotopic (exact) mass is 775 g/mol. The van der Waals surface area contributed by atoms with Gasteiger partial charge in [0.05, 0.1) is 6.04 Å². The van der Waals surface area contributed by atoms with Gasteiger partial charge in [-0.3, -0.25) is 28.8 Å². The molecule has 2 saturated heterocycles. The highest BCUT2D eigenvalue weighted by Gasteiger charge is 2.44. The summed E-state index contributed by atoms with van der Waals surface area (Å²) in [5.41, 5.74) is 5.99. The first-order chi connectivity index (χ1) is 24.1. The summed E-state index contributed by atoms with van der Waals surface area (Å²) >= 11 is 10.0. The van der Waals surface area contributed by atoms with Gasteiger partial charge < -0.3 is 41.9 Å². The number of hydrogen-bond donors (Lipinski definition) is 8. The molecule has 2 rings (SSSR count). The van der Waals surface area contributed by atoms with E-state index in [-0.39, 0.29) is 48.6 Å². The van der Waals surface area contributed by atoms with Gasteiger partial charge in [-0.1, -0.05) is 27.7 Å². The Bertz CT molecular complexity index is 1240. The zero-order valence-corrected chi connectivity index (χ0v) is 32.9. The maximum Gasteiger partial charge on any atom is 0.326 e. The van der Waals surface area contributed by atoms with Crippen LogP contribution < -0.4 is 27.0 Å². The predicted octanol–water partition coefficient (Wildman–Crippen LogP) is 0.0244. The molecule has 290 valence electrons. The standard InChI is InChI=1S/C33H57N7O8S3/c1-18(2)14-21(28(42)37-23(16-49)29(43)36-22(33(47)48)15-19(3)4)35-30(44)25-8-6-11-39(25)32(46)26-9-7-12-40(26)31(45)24(17-50)38-27(41)20(34)10-13-51-5/h18-26,49-50H,6-17,34H2,1-5H3,(H,35,44)(H,36,43)(H,37,42)(H,38,41)(H,47,48). The Labute approximate surface area is 316 Å². The van der Waals surface area contributed by atoms with Crippen LogP contribution in [0.5, 0.6) is 0 Å². The van der Waals surface area contributed by atoms with Gasteiger partial charge in [-0.25, -0.2) is 4.79 Å². The van der Waals surface area contributed by atoms with Crippen LogP contribution in [0.2, 0.25) is 0 Å². The van der Waals surface area contributed by atoms with E-state index in [4.69, 9.17) is 5.73 Å². The minimum absolute atomic E-state index is 0.00285. The Morgan fingerprint density at radius 3 is 1.80 bits per heavy atom. The quantitative estimate of drug-likeness (QED) is 0.0776. The maximum absolute atomic E-state index is 13.9. The fourth-order valence-corrected chi connectivity index (χ4v) is 7.22. The normalized spacial score (nSPS) is 20.4. The molecule has 2 fully saturated rings.